The number of aromatic nitrogens is 1. The van der Waals surface area contributed by atoms with Crippen LogP contribution in [0.2, 0.25) is 0 Å². The van der Waals surface area contributed by atoms with Gasteiger partial charge in [-0.25, -0.2) is 0 Å². The number of hydrogen-bond donors (Lipinski definition) is 1. The van der Waals surface area contributed by atoms with Gasteiger partial charge in [-0.05, 0) is 84.8 Å². The second kappa shape index (κ2) is 11.8. The highest BCUT2D eigenvalue weighted by molar-refractivity contribution is 14.1. The molecule has 0 unspecified atom stereocenters. The Morgan fingerprint density at radius 1 is 1.14 bits per heavy atom. The van der Waals surface area contributed by atoms with Gasteiger partial charge in [-0.3, -0.25) is 4.79 Å². The molecule has 5 heteroatoms. The fraction of sp³-hybridized carbons (Fsp3) is 0.417. The Bertz CT molecular complexity index is 888. The van der Waals surface area contributed by atoms with Crippen LogP contribution in [0.5, 0.6) is 0 Å². The topological polar surface area (TPSA) is 57.8 Å². The molecule has 0 aliphatic heterocycles. The molecule has 0 saturated heterocycles. The lowest BCUT2D eigenvalue weighted by molar-refractivity contribution is -0.117. The Labute approximate surface area is 188 Å². The van der Waals surface area contributed by atoms with Crippen LogP contribution < -0.4 is 5.32 Å². The molecule has 2 rings (SSSR count). The largest absolute Gasteiger partial charge is 0.351 e. The van der Waals surface area contributed by atoms with Crippen molar-refractivity contribution >= 4 is 34.6 Å². The summed E-state index contributed by atoms with van der Waals surface area (Å²) in [5.41, 5.74) is 4.21. The number of amides is 1. The normalized spacial score (nSPS) is 11.3. The van der Waals surface area contributed by atoms with Gasteiger partial charge in [0.15, 0.2) is 0 Å². The van der Waals surface area contributed by atoms with Crippen molar-refractivity contribution in [3.63, 3.8) is 0 Å². The van der Waals surface area contributed by atoms with Crippen LogP contribution in [0.3, 0.4) is 0 Å². The first-order valence-corrected chi connectivity index (χ1v) is 11.4. The van der Waals surface area contributed by atoms with Gasteiger partial charge in [0.05, 0.1) is 0 Å². The van der Waals surface area contributed by atoms with E-state index in [2.05, 4.69) is 69.7 Å². The monoisotopic (exact) mass is 503 g/mol. The van der Waals surface area contributed by atoms with Crippen molar-refractivity contribution in [3.05, 3.63) is 56.4 Å². The Morgan fingerprint density at radius 2 is 1.79 bits per heavy atom. The van der Waals surface area contributed by atoms with E-state index in [-0.39, 0.29) is 11.5 Å². The van der Waals surface area contributed by atoms with E-state index in [4.69, 9.17) is 0 Å². The van der Waals surface area contributed by atoms with Crippen molar-refractivity contribution in [1.82, 2.24) is 9.88 Å². The van der Waals surface area contributed by atoms with Crippen LogP contribution in [0.4, 0.5) is 0 Å². The van der Waals surface area contributed by atoms with Crippen molar-refractivity contribution in [3.8, 4) is 11.8 Å². The van der Waals surface area contributed by atoms with E-state index in [9.17, 15) is 10.1 Å². The summed E-state index contributed by atoms with van der Waals surface area (Å²) in [5.74, 6) is -0.292. The fourth-order valence-corrected chi connectivity index (χ4v) is 3.79. The van der Waals surface area contributed by atoms with E-state index >= 15 is 0 Å². The number of carbonyl (C=O) groups is 1. The molecule has 0 aliphatic carbocycles. The van der Waals surface area contributed by atoms with Gasteiger partial charge in [0, 0.05) is 27.2 Å². The van der Waals surface area contributed by atoms with Gasteiger partial charge in [-0.15, -0.1) is 0 Å². The smallest absolute Gasteiger partial charge is 0.261 e. The highest BCUT2D eigenvalue weighted by atomic mass is 127. The SMILES string of the molecule is CCCCCCCCNC(=O)C(C#N)=Cc1cc(C)n(-c2ccc(I)cc2)c1C. The van der Waals surface area contributed by atoms with E-state index < -0.39 is 0 Å². The third-order valence-corrected chi connectivity index (χ3v) is 5.76. The number of benzene rings is 1. The van der Waals surface area contributed by atoms with E-state index in [1.807, 2.05) is 19.9 Å². The van der Waals surface area contributed by atoms with Gasteiger partial charge in [0.2, 0.25) is 0 Å². The fourth-order valence-electron chi connectivity index (χ4n) is 3.43. The van der Waals surface area contributed by atoms with Crippen LogP contribution in [0.1, 0.15) is 62.4 Å². The predicted molar refractivity (Wildman–Crippen MR) is 128 cm³/mol. The van der Waals surface area contributed by atoms with Crippen molar-refractivity contribution in [2.45, 2.75) is 59.3 Å². The Hall–Kier alpha value is -2.07. The molecule has 1 N–H and O–H groups in total. The maximum atomic E-state index is 12.4. The number of aryl methyl sites for hydroxylation is 1. The minimum absolute atomic E-state index is 0.152. The molecule has 0 aliphatic rings. The second-order valence-corrected chi connectivity index (χ2v) is 8.58. The molecule has 1 amide bonds. The molecule has 0 atom stereocenters. The number of rotatable bonds is 10. The predicted octanol–water partition coefficient (Wildman–Crippen LogP) is 6.08. The van der Waals surface area contributed by atoms with E-state index in [0.717, 1.165) is 35.5 Å². The quantitative estimate of drug-likeness (QED) is 0.185. The van der Waals surface area contributed by atoms with Gasteiger partial charge in [0.1, 0.15) is 11.6 Å². The number of halogens is 1. The lowest BCUT2D eigenvalue weighted by atomic mass is 10.1. The van der Waals surface area contributed by atoms with E-state index in [1.54, 1.807) is 6.08 Å². The maximum Gasteiger partial charge on any atom is 0.261 e. The minimum atomic E-state index is -0.292. The molecule has 29 heavy (non-hydrogen) atoms. The Morgan fingerprint density at radius 3 is 2.45 bits per heavy atom. The number of nitrogens with zero attached hydrogens (tertiary/aromatic N) is 2. The summed E-state index contributed by atoms with van der Waals surface area (Å²) in [4.78, 5) is 12.4. The minimum Gasteiger partial charge on any atom is -0.351 e. The number of hydrogen-bond acceptors (Lipinski definition) is 2. The van der Waals surface area contributed by atoms with Crippen LogP contribution in [0.15, 0.2) is 35.9 Å². The van der Waals surface area contributed by atoms with Crippen LogP contribution in [0.25, 0.3) is 11.8 Å². The molecular formula is C24H30IN3O. The first kappa shape index (κ1) is 23.2. The highest BCUT2D eigenvalue weighted by Gasteiger charge is 2.13. The summed E-state index contributed by atoms with van der Waals surface area (Å²) in [6.45, 7) is 6.87. The zero-order valence-electron chi connectivity index (χ0n) is 17.6. The van der Waals surface area contributed by atoms with Crippen LogP contribution in [-0.4, -0.2) is 17.0 Å². The molecule has 4 nitrogen and oxygen atoms in total. The standard InChI is InChI=1S/C24H30IN3O/c1-4-5-6-7-8-9-14-27-24(29)21(17-26)16-20-15-18(2)28(19(20)3)23-12-10-22(25)11-13-23/h10-13,15-16H,4-9,14H2,1-3H3,(H,27,29). The molecule has 1 heterocycles. The molecule has 0 spiro atoms. The van der Waals surface area contributed by atoms with Crippen molar-refractivity contribution in [1.29, 1.82) is 5.26 Å². The Balaban J connectivity index is 2.05. The summed E-state index contributed by atoms with van der Waals surface area (Å²) < 4.78 is 3.33. The molecular weight excluding hydrogens is 473 g/mol. The molecule has 1 aromatic carbocycles. The summed E-state index contributed by atoms with van der Waals surface area (Å²) in [6, 6.07) is 12.4. The van der Waals surface area contributed by atoms with Gasteiger partial charge in [-0.2, -0.15) is 5.26 Å². The lowest BCUT2D eigenvalue weighted by Gasteiger charge is -2.09. The molecule has 0 radical (unpaired) electrons. The number of nitriles is 1. The summed E-state index contributed by atoms with van der Waals surface area (Å²) >= 11 is 2.29. The van der Waals surface area contributed by atoms with Crippen molar-refractivity contribution in [2.24, 2.45) is 0 Å². The van der Waals surface area contributed by atoms with Gasteiger partial charge >= 0.3 is 0 Å². The van der Waals surface area contributed by atoms with Gasteiger partial charge in [0.25, 0.3) is 5.91 Å². The molecule has 0 bridgehead atoms. The second-order valence-electron chi connectivity index (χ2n) is 7.33. The van der Waals surface area contributed by atoms with Crippen LogP contribution >= 0.6 is 22.6 Å². The molecule has 154 valence electrons. The average Bonchev–Trinajstić information content (AvgIpc) is 2.99. The summed E-state index contributed by atoms with van der Waals surface area (Å²) in [6.07, 6.45) is 8.73. The third kappa shape index (κ3) is 6.74. The lowest BCUT2D eigenvalue weighted by Crippen LogP contribution is -2.25. The molecule has 0 fully saturated rings. The van der Waals surface area contributed by atoms with Crippen molar-refractivity contribution < 1.29 is 4.79 Å². The molecule has 2 aromatic rings. The van der Waals surface area contributed by atoms with Gasteiger partial charge < -0.3 is 9.88 Å². The molecule has 0 saturated carbocycles. The van der Waals surface area contributed by atoms with E-state index in [1.165, 1.54) is 29.3 Å². The van der Waals surface area contributed by atoms with Gasteiger partial charge in [-0.1, -0.05) is 39.0 Å². The van der Waals surface area contributed by atoms with Crippen molar-refractivity contribution in [2.75, 3.05) is 6.54 Å². The first-order chi connectivity index (χ1) is 14.0. The summed E-state index contributed by atoms with van der Waals surface area (Å²) in [5, 5.41) is 12.4. The van der Waals surface area contributed by atoms with E-state index in [0.29, 0.717) is 6.54 Å². The van der Waals surface area contributed by atoms with Crippen LogP contribution in [0, 0.1) is 28.7 Å². The summed E-state index contributed by atoms with van der Waals surface area (Å²) in [7, 11) is 0. The first-order valence-electron chi connectivity index (χ1n) is 10.3. The number of unbranched alkanes of at least 4 members (excludes halogenated alkanes) is 5. The maximum absolute atomic E-state index is 12.4. The molecule has 1 aromatic heterocycles. The zero-order chi connectivity index (χ0) is 21.2. The Kier molecular flexibility index (Phi) is 9.46. The zero-order valence-corrected chi connectivity index (χ0v) is 19.8. The highest BCUT2D eigenvalue weighted by Crippen LogP contribution is 2.23. The van der Waals surface area contributed by atoms with Crippen LogP contribution in [-0.2, 0) is 4.79 Å². The number of carbonyl (C=O) groups excluding carboxylic acids is 1. The average molecular weight is 503 g/mol. The number of nitrogens with one attached hydrogen (secondary N) is 1. The third-order valence-electron chi connectivity index (χ3n) is 5.04.